The van der Waals surface area contributed by atoms with E-state index in [4.69, 9.17) is 16.0 Å². The quantitative estimate of drug-likeness (QED) is 0.142. The molecular formula is C31H30ClNO4Si. The van der Waals surface area contributed by atoms with Gasteiger partial charge in [0.15, 0.2) is 11.5 Å². The normalized spacial score (nSPS) is 15.8. The van der Waals surface area contributed by atoms with Crippen molar-refractivity contribution in [3.8, 4) is 11.3 Å². The van der Waals surface area contributed by atoms with E-state index in [-0.39, 0.29) is 27.4 Å². The lowest BCUT2D eigenvalue weighted by Crippen LogP contribution is -2.64. The summed E-state index contributed by atoms with van der Waals surface area (Å²) in [5, 5.41) is 14.7. The van der Waals surface area contributed by atoms with Crippen LogP contribution in [0.3, 0.4) is 0 Å². The van der Waals surface area contributed by atoms with Gasteiger partial charge in [0.25, 0.3) is 5.69 Å². The highest BCUT2D eigenvalue weighted by Crippen LogP contribution is 2.47. The van der Waals surface area contributed by atoms with E-state index in [0.717, 1.165) is 18.0 Å². The molecule has 0 bridgehead atoms. The van der Waals surface area contributed by atoms with Gasteiger partial charge >= 0.3 is 0 Å². The van der Waals surface area contributed by atoms with E-state index in [0.29, 0.717) is 23.5 Å². The van der Waals surface area contributed by atoms with Gasteiger partial charge in [0.2, 0.25) is 0 Å². The average Bonchev–Trinajstić information content (AvgIpc) is 3.35. The molecule has 1 atom stereocenters. The molecule has 0 saturated heterocycles. The van der Waals surface area contributed by atoms with E-state index >= 15 is 0 Å². The third kappa shape index (κ3) is 4.52. The van der Waals surface area contributed by atoms with Crippen molar-refractivity contribution in [2.24, 2.45) is 0 Å². The predicted molar refractivity (Wildman–Crippen MR) is 155 cm³/mol. The molecule has 1 aromatic heterocycles. The number of ketones is 1. The first-order chi connectivity index (χ1) is 18.1. The lowest BCUT2D eigenvalue weighted by Gasteiger charge is -2.46. The first-order valence-corrected chi connectivity index (χ1v) is 15.4. The summed E-state index contributed by atoms with van der Waals surface area (Å²) in [6.45, 7) is 6.98. The summed E-state index contributed by atoms with van der Waals surface area (Å²) in [5.74, 6) is 0.693. The van der Waals surface area contributed by atoms with Crippen LogP contribution in [0.25, 0.3) is 11.3 Å². The molecule has 1 unspecified atom stereocenters. The average molecular weight is 544 g/mol. The molecule has 0 fully saturated rings. The number of nitrogens with zero attached hydrogens (tertiary/aromatic N) is 1. The first kappa shape index (κ1) is 26.1. The molecule has 5 nitrogen and oxygen atoms in total. The van der Waals surface area contributed by atoms with Gasteiger partial charge in [0.1, 0.15) is 13.8 Å². The molecule has 0 saturated carbocycles. The number of benzene rings is 3. The maximum atomic E-state index is 13.0. The largest absolute Gasteiger partial charge is 0.452 e. The van der Waals surface area contributed by atoms with Gasteiger partial charge in [0.05, 0.1) is 10.5 Å². The maximum Gasteiger partial charge on any atom is 0.281 e. The fraction of sp³-hybridized carbons (Fsp3) is 0.258. The minimum absolute atomic E-state index is 0.0289. The van der Waals surface area contributed by atoms with Crippen molar-refractivity contribution < 1.29 is 14.1 Å². The third-order valence-corrected chi connectivity index (χ3v) is 14.5. The molecule has 194 valence electrons. The molecule has 1 aliphatic rings. The summed E-state index contributed by atoms with van der Waals surface area (Å²) in [4.78, 5) is 24.3. The monoisotopic (exact) mass is 543 g/mol. The van der Waals surface area contributed by atoms with Crippen LogP contribution in [0.5, 0.6) is 0 Å². The fourth-order valence-electron chi connectivity index (χ4n) is 6.10. The van der Waals surface area contributed by atoms with Gasteiger partial charge in [-0.2, -0.15) is 0 Å². The van der Waals surface area contributed by atoms with Crippen LogP contribution in [0.1, 0.15) is 55.6 Å². The number of nitro groups is 1. The van der Waals surface area contributed by atoms with Crippen LogP contribution in [0.15, 0.2) is 89.3 Å². The number of nitro benzene ring substituents is 1. The number of carbonyl (C=O) groups excluding carboxylic acids is 1. The number of carbonyl (C=O) groups is 1. The van der Waals surface area contributed by atoms with Gasteiger partial charge in [-0.25, -0.2) is 0 Å². The van der Waals surface area contributed by atoms with E-state index in [9.17, 15) is 14.9 Å². The van der Waals surface area contributed by atoms with Crippen LogP contribution in [-0.4, -0.2) is 18.8 Å². The molecule has 5 rings (SSSR count). The number of hydrogen-bond acceptors (Lipinski definition) is 4. The number of Topliss-reactive ketones (excluding diaryl/α,β-unsaturated/α-hetero) is 1. The van der Waals surface area contributed by atoms with Crippen molar-refractivity contribution >= 4 is 41.5 Å². The van der Waals surface area contributed by atoms with Crippen molar-refractivity contribution in [3.05, 3.63) is 111 Å². The molecule has 0 N–H and O–H groups in total. The van der Waals surface area contributed by atoms with Gasteiger partial charge in [0, 0.05) is 23.1 Å². The summed E-state index contributed by atoms with van der Waals surface area (Å²) >= 11 is 6.04. The SMILES string of the molecule is CC(C)(C)[Si](CC1CCC(=O)c2oc(-c3ccc(Cl)cc3[N+](=O)[O-])cc21)(c1ccccc1)c1ccccc1. The van der Waals surface area contributed by atoms with Crippen LogP contribution in [0, 0.1) is 10.1 Å². The number of halogens is 1. The van der Waals surface area contributed by atoms with Crippen LogP contribution >= 0.6 is 11.6 Å². The minimum Gasteiger partial charge on any atom is -0.452 e. The Bertz CT molecular complexity index is 1450. The Labute approximate surface area is 228 Å². The highest BCUT2D eigenvalue weighted by atomic mass is 35.5. The Morgan fingerprint density at radius 1 is 0.974 bits per heavy atom. The maximum absolute atomic E-state index is 13.0. The molecule has 38 heavy (non-hydrogen) atoms. The van der Waals surface area contributed by atoms with Crippen LogP contribution < -0.4 is 10.4 Å². The van der Waals surface area contributed by atoms with Gasteiger partial charge in [-0.05, 0) is 41.6 Å². The van der Waals surface area contributed by atoms with E-state index < -0.39 is 13.0 Å². The molecule has 7 heteroatoms. The zero-order valence-electron chi connectivity index (χ0n) is 21.7. The van der Waals surface area contributed by atoms with Crippen molar-refractivity contribution in [1.29, 1.82) is 0 Å². The van der Waals surface area contributed by atoms with E-state index in [1.165, 1.54) is 16.4 Å². The standard InChI is InChI=1S/C31H30ClNO4Si/c1-31(2,3)38(23-10-6-4-7-11-23,24-12-8-5-9-13-24)20-21-14-17-28(34)30-26(21)19-29(37-30)25-16-15-22(32)18-27(25)33(35)36/h4-13,15-16,18-19,21H,14,17,20H2,1-3H3. The zero-order chi connectivity index (χ0) is 27.1. The molecular weight excluding hydrogens is 514 g/mol. The van der Waals surface area contributed by atoms with Gasteiger partial charge in [-0.3, -0.25) is 14.9 Å². The Hall–Kier alpha value is -3.48. The second kappa shape index (κ2) is 10.0. The molecule has 3 aromatic carbocycles. The Kier molecular flexibility index (Phi) is 6.88. The van der Waals surface area contributed by atoms with Crippen molar-refractivity contribution in [2.45, 2.75) is 50.6 Å². The summed E-state index contributed by atoms with van der Waals surface area (Å²) in [7, 11) is -2.41. The number of rotatable bonds is 6. The van der Waals surface area contributed by atoms with Crippen LogP contribution in [-0.2, 0) is 0 Å². The van der Waals surface area contributed by atoms with Gasteiger partial charge < -0.3 is 4.42 Å². The molecule has 0 radical (unpaired) electrons. The molecule has 0 spiro atoms. The molecule has 4 aromatic rings. The van der Waals surface area contributed by atoms with E-state index in [1.807, 2.05) is 6.07 Å². The van der Waals surface area contributed by atoms with Gasteiger partial charge in [-0.1, -0.05) is 103 Å². The molecule has 1 heterocycles. The number of hydrogen-bond donors (Lipinski definition) is 0. The zero-order valence-corrected chi connectivity index (χ0v) is 23.5. The summed E-state index contributed by atoms with van der Waals surface area (Å²) in [5.41, 5.74) is 1.04. The third-order valence-electron chi connectivity index (χ3n) is 7.96. The number of fused-ring (bicyclic) bond motifs is 1. The van der Waals surface area contributed by atoms with Crippen LogP contribution in [0.4, 0.5) is 5.69 Å². The van der Waals surface area contributed by atoms with E-state index in [1.54, 1.807) is 12.1 Å². The highest BCUT2D eigenvalue weighted by molar-refractivity contribution is 7.04. The first-order valence-electron chi connectivity index (χ1n) is 12.8. The van der Waals surface area contributed by atoms with Crippen molar-refractivity contribution in [2.75, 3.05) is 0 Å². The lowest BCUT2D eigenvalue weighted by molar-refractivity contribution is -0.384. The fourth-order valence-corrected chi connectivity index (χ4v) is 12.1. The predicted octanol–water partition coefficient (Wildman–Crippen LogP) is 7.63. The highest BCUT2D eigenvalue weighted by Gasteiger charge is 2.50. The summed E-state index contributed by atoms with van der Waals surface area (Å²) in [6.07, 6.45) is 1.11. The van der Waals surface area contributed by atoms with Gasteiger partial charge in [-0.15, -0.1) is 0 Å². The number of furan rings is 1. The smallest absolute Gasteiger partial charge is 0.281 e. The molecule has 0 aliphatic heterocycles. The van der Waals surface area contributed by atoms with Crippen molar-refractivity contribution in [3.63, 3.8) is 0 Å². The second-order valence-electron chi connectivity index (χ2n) is 11.1. The Balaban J connectivity index is 1.67. The topological polar surface area (TPSA) is 73.3 Å². The second-order valence-corrected chi connectivity index (χ2v) is 16.4. The molecule has 0 amide bonds. The minimum atomic E-state index is -2.41. The van der Waals surface area contributed by atoms with Crippen LogP contribution in [0.2, 0.25) is 16.1 Å². The lowest BCUT2D eigenvalue weighted by atomic mass is 9.87. The Morgan fingerprint density at radius 2 is 1.58 bits per heavy atom. The molecule has 1 aliphatic carbocycles. The summed E-state index contributed by atoms with van der Waals surface area (Å²) in [6, 6.07) is 28.8. The summed E-state index contributed by atoms with van der Waals surface area (Å²) < 4.78 is 6.10. The van der Waals surface area contributed by atoms with E-state index in [2.05, 4.69) is 81.4 Å². The van der Waals surface area contributed by atoms with Crippen molar-refractivity contribution in [1.82, 2.24) is 0 Å². The Morgan fingerprint density at radius 3 is 2.13 bits per heavy atom.